The Kier molecular flexibility index (Phi) is 7.59. The standard InChI is InChI=1S/C44H56O/c1-5-29(38-20-21-39-37-19-17-34-27-35(45)22-24-43(34,3)40(37)23-25-44(38,39)4)9-6-8-28(2)26-33-15-14-32-13-12-30-10-7-11-31-16-18-36(33)42(32)41(30)31/h7,10-18,28-29,35,37-40,45H,5-6,8-9,19-27H2,1-4H3/t28?,29-,35+,37+,38-,39+,40+,43+,44-/m1/s1. The third kappa shape index (κ3) is 4.80. The second-order valence-corrected chi connectivity index (χ2v) is 16.9. The van der Waals surface area contributed by atoms with Crippen LogP contribution in [0.25, 0.3) is 32.3 Å². The summed E-state index contributed by atoms with van der Waals surface area (Å²) in [6, 6.07) is 20.9. The minimum absolute atomic E-state index is 0.0977. The van der Waals surface area contributed by atoms with Crippen molar-refractivity contribution >= 4 is 32.3 Å². The monoisotopic (exact) mass is 600 g/mol. The summed E-state index contributed by atoms with van der Waals surface area (Å²) in [6.45, 7) is 10.3. The molecular formula is C44H56O. The lowest BCUT2D eigenvalue weighted by Gasteiger charge is -2.58. The fourth-order valence-corrected chi connectivity index (χ4v) is 12.3. The van der Waals surface area contributed by atoms with Gasteiger partial charge in [0.1, 0.15) is 0 Å². The highest BCUT2D eigenvalue weighted by molar-refractivity contribution is 6.23. The number of hydrogen-bond acceptors (Lipinski definition) is 1. The molecule has 0 aliphatic heterocycles. The SMILES string of the molecule is CC[C@H](CCCC(C)Cc1ccc2ccc3cccc4ccc1c2c34)[C@H]1CC[C@H]2[C@@H]3CC=C4C[C@@H](O)CC[C@]4(C)[C@H]3CC[C@]12C. The smallest absolute Gasteiger partial charge is 0.0577 e. The van der Waals surface area contributed by atoms with Gasteiger partial charge in [-0.25, -0.2) is 0 Å². The third-order valence-corrected chi connectivity index (χ3v) is 14.7. The van der Waals surface area contributed by atoms with Gasteiger partial charge in [-0.3, -0.25) is 0 Å². The lowest BCUT2D eigenvalue weighted by atomic mass is 9.47. The molecule has 1 N–H and O–H groups in total. The maximum absolute atomic E-state index is 10.4. The average molecular weight is 601 g/mol. The maximum Gasteiger partial charge on any atom is 0.0577 e. The van der Waals surface area contributed by atoms with Crippen LogP contribution in [0.5, 0.6) is 0 Å². The molecule has 0 heterocycles. The molecule has 3 saturated carbocycles. The molecule has 45 heavy (non-hydrogen) atoms. The van der Waals surface area contributed by atoms with E-state index in [9.17, 15) is 5.11 Å². The quantitative estimate of drug-likeness (QED) is 0.158. The second kappa shape index (κ2) is 11.4. The van der Waals surface area contributed by atoms with E-state index >= 15 is 0 Å². The number of aliphatic hydroxyl groups is 1. The zero-order chi connectivity index (χ0) is 30.9. The largest absolute Gasteiger partial charge is 0.393 e. The van der Waals surface area contributed by atoms with Gasteiger partial charge in [-0.15, -0.1) is 0 Å². The summed E-state index contributed by atoms with van der Waals surface area (Å²) in [4.78, 5) is 0. The molecule has 9 atom stereocenters. The summed E-state index contributed by atoms with van der Waals surface area (Å²) in [5.41, 5.74) is 4.04. The molecule has 4 aromatic rings. The van der Waals surface area contributed by atoms with E-state index in [1.807, 2.05) is 0 Å². The molecule has 1 nitrogen and oxygen atoms in total. The van der Waals surface area contributed by atoms with Crippen LogP contribution < -0.4 is 0 Å². The van der Waals surface area contributed by atoms with Crippen LogP contribution in [0.4, 0.5) is 0 Å². The molecule has 0 amide bonds. The number of allylic oxidation sites excluding steroid dienone is 1. The minimum Gasteiger partial charge on any atom is -0.393 e. The van der Waals surface area contributed by atoms with Crippen LogP contribution in [-0.4, -0.2) is 11.2 Å². The van der Waals surface area contributed by atoms with Crippen molar-refractivity contribution in [3.63, 3.8) is 0 Å². The Balaban J connectivity index is 0.931. The highest BCUT2D eigenvalue weighted by atomic mass is 16.3. The van der Waals surface area contributed by atoms with Crippen molar-refractivity contribution in [2.75, 3.05) is 0 Å². The van der Waals surface area contributed by atoms with Crippen LogP contribution in [-0.2, 0) is 6.42 Å². The molecule has 0 spiro atoms. The van der Waals surface area contributed by atoms with Gasteiger partial charge in [0.05, 0.1) is 6.10 Å². The Hall–Kier alpha value is -2.38. The van der Waals surface area contributed by atoms with Gasteiger partial charge in [-0.1, -0.05) is 120 Å². The average Bonchev–Trinajstić information content (AvgIpc) is 3.40. The Morgan fingerprint density at radius 2 is 1.58 bits per heavy atom. The highest BCUT2D eigenvalue weighted by Gasteiger charge is 2.59. The molecular weight excluding hydrogens is 544 g/mol. The van der Waals surface area contributed by atoms with Crippen LogP contribution in [0.15, 0.2) is 66.2 Å². The van der Waals surface area contributed by atoms with Crippen molar-refractivity contribution in [1.82, 2.24) is 0 Å². The van der Waals surface area contributed by atoms with E-state index in [-0.39, 0.29) is 6.10 Å². The van der Waals surface area contributed by atoms with Crippen molar-refractivity contribution in [2.45, 2.75) is 117 Å². The first-order chi connectivity index (χ1) is 21.8. The van der Waals surface area contributed by atoms with E-state index in [1.165, 1.54) is 109 Å². The van der Waals surface area contributed by atoms with Crippen molar-refractivity contribution in [2.24, 2.45) is 46.3 Å². The topological polar surface area (TPSA) is 20.2 Å². The maximum atomic E-state index is 10.4. The van der Waals surface area contributed by atoms with Crippen molar-refractivity contribution in [3.05, 3.63) is 71.8 Å². The molecule has 0 saturated heterocycles. The molecule has 4 aliphatic carbocycles. The van der Waals surface area contributed by atoms with Gasteiger partial charge < -0.3 is 5.11 Å². The lowest BCUT2D eigenvalue weighted by molar-refractivity contribution is -0.0588. The van der Waals surface area contributed by atoms with Gasteiger partial charge in [0.15, 0.2) is 0 Å². The van der Waals surface area contributed by atoms with Gasteiger partial charge in [0.2, 0.25) is 0 Å². The molecule has 1 heteroatoms. The molecule has 0 radical (unpaired) electrons. The zero-order valence-corrected chi connectivity index (χ0v) is 28.5. The lowest BCUT2D eigenvalue weighted by Crippen LogP contribution is -2.50. The van der Waals surface area contributed by atoms with Crippen molar-refractivity contribution in [1.29, 1.82) is 0 Å². The number of rotatable bonds is 8. The molecule has 0 bridgehead atoms. The molecule has 238 valence electrons. The van der Waals surface area contributed by atoms with Crippen LogP contribution in [0.3, 0.4) is 0 Å². The first-order valence-electron chi connectivity index (χ1n) is 18.8. The Morgan fingerprint density at radius 1 is 0.822 bits per heavy atom. The minimum atomic E-state index is -0.0977. The third-order valence-electron chi connectivity index (χ3n) is 14.7. The highest BCUT2D eigenvalue weighted by Crippen LogP contribution is 2.67. The summed E-state index contributed by atoms with van der Waals surface area (Å²) < 4.78 is 0. The predicted octanol–water partition coefficient (Wildman–Crippen LogP) is 11.9. The first-order valence-corrected chi connectivity index (χ1v) is 18.8. The summed E-state index contributed by atoms with van der Waals surface area (Å²) in [6.07, 6.45) is 19.4. The van der Waals surface area contributed by atoms with E-state index in [0.717, 1.165) is 42.4 Å². The van der Waals surface area contributed by atoms with Crippen LogP contribution in [0.1, 0.15) is 110 Å². The summed E-state index contributed by atoms with van der Waals surface area (Å²) >= 11 is 0. The predicted molar refractivity (Wildman–Crippen MR) is 192 cm³/mol. The summed E-state index contributed by atoms with van der Waals surface area (Å²) in [5, 5.41) is 18.9. The van der Waals surface area contributed by atoms with Gasteiger partial charge in [-0.05, 0) is 142 Å². The van der Waals surface area contributed by atoms with Crippen LogP contribution >= 0.6 is 0 Å². The van der Waals surface area contributed by atoms with E-state index in [4.69, 9.17) is 0 Å². The second-order valence-electron chi connectivity index (χ2n) is 16.9. The fraction of sp³-hybridized carbons (Fsp3) is 0.591. The number of hydrogen-bond donors (Lipinski definition) is 1. The van der Waals surface area contributed by atoms with Crippen LogP contribution in [0.2, 0.25) is 0 Å². The van der Waals surface area contributed by atoms with Gasteiger partial charge in [0, 0.05) is 0 Å². The van der Waals surface area contributed by atoms with Gasteiger partial charge >= 0.3 is 0 Å². The zero-order valence-electron chi connectivity index (χ0n) is 28.5. The number of aliphatic hydroxyl groups excluding tert-OH is 1. The summed E-state index contributed by atoms with van der Waals surface area (Å²) in [5.74, 6) is 5.13. The van der Waals surface area contributed by atoms with E-state index in [1.54, 1.807) is 5.57 Å². The Morgan fingerprint density at radius 3 is 2.38 bits per heavy atom. The summed E-state index contributed by atoms with van der Waals surface area (Å²) in [7, 11) is 0. The molecule has 4 aromatic carbocycles. The molecule has 3 fully saturated rings. The number of benzene rings is 4. The van der Waals surface area contributed by atoms with E-state index < -0.39 is 0 Å². The normalized spacial score (nSPS) is 34.4. The first kappa shape index (κ1) is 30.0. The van der Waals surface area contributed by atoms with Crippen molar-refractivity contribution < 1.29 is 5.11 Å². The fourth-order valence-electron chi connectivity index (χ4n) is 12.3. The van der Waals surface area contributed by atoms with E-state index in [2.05, 4.69) is 88.4 Å². The van der Waals surface area contributed by atoms with Crippen LogP contribution in [0, 0.1) is 46.3 Å². The van der Waals surface area contributed by atoms with Gasteiger partial charge in [0.25, 0.3) is 0 Å². The van der Waals surface area contributed by atoms with Gasteiger partial charge in [-0.2, -0.15) is 0 Å². The molecule has 8 rings (SSSR count). The molecule has 1 unspecified atom stereocenters. The Labute approximate surface area is 272 Å². The molecule has 0 aromatic heterocycles. The van der Waals surface area contributed by atoms with E-state index in [0.29, 0.717) is 16.7 Å². The van der Waals surface area contributed by atoms with Crippen molar-refractivity contribution in [3.8, 4) is 0 Å². The molecule has 4 aliphatic rings. The Bertz CT molecular complexity index is 1700. The number of fused-ring (bicyclic) bond motifs is 5.